The number of nitrogens with zero attached hydrogens (tertiary/aromatic N) is 3. The summed E-state index contributed by atoms with van der Waals surface area (Å²) >= 11 is 6.64. The van der Waals surface area contributed by atoms with Gasteiger partial charge in [0.2, 0.25) is 0 Å². The Morgan fingerprint density at radius 2 is 2.03 bits per heavy atom. The zero-order valence-electron chi connectivity index (χ0n) is 16.9. The van der Waals surface area contributed by atoms with Gasteiger partial charge in [-0.05, 0) is 37.1 Å². The van der Waals surface area contributed by atoms with Crippen LogP contribution in [0.3, 0.4) is 0 Å². The summed E-state index contributed by atoms with van der Waals surface area (Å²) in [6.45, 7) is 1.59. The smallest absolute Gasteiger partial charge is 0.273 e. The van der Waals surface area contributed by atoms with Gasteiger partial charge < -0.3 is 10.5 Å². The Morgan fingerprint density at radius 1 is 1.32 bits per heavy atom. The first-order valence-corrected chi connectivity index (χ1v) is 10.6. The summed E-state index contributed by atoms with van der Waals surface area (Å²) in [5.41, 5.74) is 6.51. The van der Waals surface area contributed by atoms with Gasteiger partial charge in [-0.25, -0.2) is 13.8 Å². The molecule has 1 aliphatic heterocycles. The molecule has 3 rings (SSSR count). The minimum atomic E-state index is -1.09. The van der Waals surface area contributed by atoms with Crippen LogP contribution in [0.25, 0.3) is 0 Å². The van der Waals surface area contributed by atoms with E-state index in [0.29, 0.717) is 0 Å². The summed E-state index contributed by atoms with van der Waals surface area (Å²) < 4.78 is 37.1. The highest BCUT2D eigenvalue weighted by Crippen LogP contribution is 2.51. The van der Waals surface area contributed by atoms with Crippen LogP contribution in [0.5, 0.6) is 0 Å². The number of amides is 1. The highest BCUT2D eigenvalue weighted by Gasteiger charge is 2.49. The Hall–Kier alpha value is -2.49. The molecule has 2 N–H and O–H groups in total. The molecule has 1 heterocycles. The Labute approximate surface area is 188 Å². The molecule has 1 unspecified atom stereocenters. The molecule has 6 nitrogen and oxygen atoms in total. The summed E-state index contributed by atoms with van der Waals surface area (Å²) in [7, 11) is 1.41. The number of rotatable bonds is 7. The molecule has 0 spiro atoms. The molecule has 2 aromatic carbocycles. The van der Waals surface area contributed by atoms with Gasteiger partial charge in [0.1, 0.15) is 33.5 Å². The van der Waals surface area contributed by atoms with Crippen LogP contribution in [0, 0.1) is 11.6 Å². The molecule has 2 aromatic rings. The summed E-state index contributed by atoms with van der Waals surface area (Å²) in [5, 5.41) is 5.86. The van der Waals surface area contributed by atoms with Crippen LogP contribution in [-0.2, 0) is 14.4 Å². The Bertz CT molecular complexity index is 1020. The fourth-order valence-corrected chi connectivity index (χ4v) is 4.66. The van der Waals surface area contributed by atoms with Gasteiger partial charge in [-0.1, -0.05) is 42.1 Å². The summed E-state index contributed by atoms with van der Waals surface area (Å²) in [5.74, 6) is -1.52. The summed E-state index contributed by atoms with van der Waals surface area (Å²) in [6, 6.07) is 12.2. The second-order valence-corrected chi connectivity index (χ2v) is 8.32. The molecule has 164 valence electrons. The van der Waals surface area contributed by atoms with Crippen LogP contribution in [-0.4, -0.2) is 35.0 Å². The van der Waals surface area contributed by atoms with E-state index in [2.05, 4.69) is 9.61 Å². The van der Waals surface area contributed by atoms with Crippen molar-refractivity contribution >= 4 is 40.3 Å². The fraction of sp³-hybridized carbons (Fsp3) is 0.286. The number of amidine groups is 1. The molecule has 0 saturated heterocycles. The van der Waals surface area contributed by atoms with E-state index in [0.717, 1.165) is 35.5 Å². The number of benzene rings is 2. The fourth-order valence-electron chi connectivity index (χ4n) is 3.19. The quantitative estimate of drug-likeness (QED) is 0.485. The normalized spacial score (nSPS) is 20.0. The number of carbonyl (C=O) groups is 1. The van der Waals surface area contributed by atoms with E-state index in [1.54, 1.807) is 6.92 Å². The molecule has 0 fully saturated rings. The lowest BCUT2D eigenvalue weighted by Gasteiger charge is -2.36. The third-order valence-corrected chi connectivity index (χ3v) is 6.58. The number of thioether (sulfide) groups is 1. The topological polar surface area (TPSA) is 80.3 Å². The van der Waals surface area contributed by atoms with E-state index in [1.807, 2.05) is 30.3 Å². The molecule has 0 aliphatic carbocycles. The molecule has 0 radical (unpaired) electrons. The second kappa shape index (κ2) is 9.76. The van der Waals surface area contributed by atoms with Crippen LogP contribution < -0.4 is 5.73 Å². The zero-order chi connectivity index (χ0) is 22.6. The van der Waals surface area contributed by atoms with Crippen LogP contribution in [0.2, 0.25) is 0 Å². The molecule has 10 heteroatoms. The number of halogens is 3. The third kappa shape index (κ3) is 4.73. The van der Waals surface area contributed by atoms with Crippen LogP contribution >= 0.6 is 23.5 Å². The van der Waals surface area contributed by atoms with Crippen molar-refractivity contribution in [1.29, 1.82) is 0 Å². The lowest BCUT2D eigenvalue weighted by molar-refractivity contribution is -0.144. The predicted molar refractivity (Wildman–Crippen MR) is 119 cm³/mol. The standard InChI is InChI=1S/C21H21ClF2N4O2S/c1-13(30-2)20(29)28-21(11-10-18(25)26-22,14-6-4-3-5-7-14)31-19(27-28)16-12-15(23)8-9-17(16)24/h3-9,12-13H,10-11H2,1-2H3,(H2,25,26)/t13-,21?/m0/s1. The van der Waals surface area contributed by atoms with Gasteiger partial charge >= 0.3 is 0 Å². The van der Waals surface area contributed by atoms with Gasteiger partial charge in [0.05, 0.1) is 0 Å². The number of hydrogen-bond donors (Lipinski definition) is 1. The highest BCUT2D eigenvalue weighted by atomic mass is 35.5. The maximum absolute atomic E-state index is 14.6. The van der Waals surface area contributed by atoms with Gasteiger partial charge in [0, 0.05) is 30.9 Å². The first-order valence-electron chi connectivity index (χ1n) is 9.41. The van der Waals surface area contributed by atoms with E-state index in [-0.39, 0.29) is 29.3 Å². The minimum absolute atomic E-state index is 0.0374. The largest absolute Gasteiger partial charge is 0.386 e. The lowest BCUT2D eigenvalue weighted by Crippen LogP contribution is -2.46. The Morgan fingerprint density at radius 3 is 2.68 bits per heavy atom. The van der Waals surface area contributed by atoms with Gasteiger partial charge in [0.15, 0.2) is 0 Å². The maximum atomic E-state index is 14.6. The molecule has 31 heavy (non-hydrogen) atoms. The molecule has 0 bridgehead atoms. The Kier molecular flexibility index (Phi) is 7.30. The van der Waals surface area contributed by atoms with E-state index < -0.39 is 28.5 Å². The molecular weight excluding hydrogens is 446 g/mol. The van der Waals surface area contributed by atoms with E-state index >= 15 is 0 Å². The number of carbonyl (C=O) groups excluding carboxylic acids is 1. The van der Waals surface area contributed by atoms with Crippen molar-refractivity contribution in [2.75, 3.05) is 7.11 Å². The second-order valence-electron chi connectivity index (χ2n) is 6.89. The lowest BCUT2D eigenvalue weighted by atomic mass is 9.99. The monoisotopic (exact) mass is 466 g/mol. The van der Waals surface area contributed by atoms with Crippen LogP contribution in [0.15, 0.2) is 58.1 Å². The first-order chi connectivity index (χ1) is 14.8. The molecule has 0 saturated carbocycles. The van der Waals surface area contributed by atoms with Crippen molar-refractivity contribution in [1.82, 2.24) is 5.01 Å². The number of hydrazone groups is 1. The third-order valence-electron chi connectivity index (χ3n) is 4.92. The number of hydrogen-bond acceptors (Lipinski definition) is 5. The molecule has 1 amide bonds. The van der Waals surface area contributed by atoms with E-state index in [4.69, 9.17) is 22.2 Å². The average Bonchev–Trinajstić information content (AvgIpc) is 3.19. The first kappa shape index (κ1) is 23.2. The molecular formula is C21H21ClF2N4O2S. The van der Waals surface area contributed by atoms with Gasteiger partial charge in [-0.15, -0.1) is 0 Å². The number of ether oxygens (including phenoxy) is 1. The van der Waals surface area contributed by atoms with Crippen molar-refractivity contribution in [3.63, 3.8) is 0 Å². The van der Waals surface area contributed by atoms with Gasteiger partial charge in [-0.2, -0.15) is 9.61 Å². The van der Waals surface area contributed by atoms with Crippen molar-refractivity contribution < 1.29 is 18.3 Å². The number of methoxy groups -OCH3 is 1. The van der Waals surface area contributed by atoms with Crippen molar-refractivity contribution in [2.45, 2.75) is 30.7 Å². The van der Waals surface area contributed by atoms with Crippen molar-refractivity contribution in [3.8, 4) is 0 Å². The molecule has 2 atom stereocenters. The van der Waals surface area contributed by atoms with Crippen molar-refractivity contribution in [3.05, 3.63) is 71.3 Å². The SMILES string of the molecule is CO[C@@H](C)C(=O)N1N=C(c2cc(F)ccc2F)SC1(CC/C(N)=N/Cl)c1ccccc1. The van der Waals surface area contributed by atoms with Crippen LogP contribution in [0.4, 0.5) is 8.78 Å². The highest BCUT2D eigenvalue weighted by molar-refractivity contribution is 8.15. The van der Waals surface area contributed by atoms with E-state index in [1.165, 1.54) is 12.1 Å². The molecule has 1 aliphatic rings. The summed E-state index contributed by atoms with van der Waals surface area (Å²) in [6.07, 6.45) is -0.302. The maximum Gasteiger partial charge on any atom is 0.273 e. The zero-order valence-corrected chi connectivity index (χ0v) is 18.5. The van der Waals surface area contributed by atoms with Crippen molar-refractivity contribution in [2.24, 2.45) is 15.3 Å². The minimum Gasteiger partial charge on any atom is -0.386 e. The summed E-state index contributed by atoms with van der Waals surface area (Å²) in [4.78, 5) is 12.1. The Balaban J connectivity index is 2.16. The molecule has 0 aromatic heterocycles. The number of nitrogens with two attached hydrogens (primary N) is 1. The van der Waals surface area contributed by atoms with Crippen LogP contribution in [0.1, 0.15) is 30.9 Å². The van der Waals surface area contributed by atoms with E-state index in [9.17, 15) is 13.6 Å². The average molecular weight is 467 g/mol. The van der Waals surface area contributed by atoms with Gasteiger partial charge in [-0.3, -0.25) is 4.79 Å². The predicted octanol–water partition coefficient (Wildman–Crippen LogP) is 4.38. The van der Waals surface area contributed by atoms with Gasteiger partial charge in [0.25, 0.3) is 5.91 Å².